The van der Waals surface area contributed by atoms with Crippen LogP contribution in [0.25, 0.3) is 11.0 Å². The minimum Gasteiger partial charge on any atom is -0.325 e. The quantitative estimate of drug-likeness (QED) is 0.860. The largest absolute Gasteiger partial charge is 0.325 e. The van der Waals surface area contributed by atoms with E-state index in [-0.39, 0.29) is 5.82 Å². The Morgan fingerprint density at radius 2 is 2.41 bits per heavy atom. The normalized spacial score (nSPS) is 20.2. The van der Waals surface area contributed by atoms with Gasteiger partial charge in [0.1, 0.15) is 17.2 Å². The number of nitrogens with zero attached hydrogens (tertiary/aromatic N) is 2. The van der Waals surface area contributed by atoms with Crippen LogP contribution in [0, 0.1) is 18.7 Å². The van der Waals surface area contributed by atoms with Gasteiger partial charge >= 0.3 is 0 Å². The van der Waals surface area contributed by atoms with Crippen LogP contribution < -0.4 is 5.32 Å². The molecule has 1 aromatic heterocycles. The number of fused-ring (bicyclic) bond motifs is 1. The summed E-state index contributed by atoms with van der Waals surface area (Å²) in [5.41, 5.74) is 1.41. The first kappa shape index (κ1) is 10.7. The Hall–Kier alpha value is -1.42. The number of aromatic nitrogens is 2. The average molecular weight is 233 g/mol. The molecular weight excluding hydrogens is 217 g/mol. The molecule has 1 saturated heterocycles. The number of rotatable bonds is 2. The fourth-order valence-corrected chi connectivity index (χ4v) is 2.61. The van der Waals surface area contributed by atoms with E-state index < -0.39 is 0 Å². The molecule has 1 aliphatic rings. The lowest BCUT2D eigenvalue weighted by atomic mass is 10.1. The number of nitrogens with one attached hydrogen (secondary N) is 1. The van der Waals surface area contributed by atoms with E-state index in [0.29, 0.717) is 11.4 Å². The van der Waals surface area contributed by atoms with Crippen molar-refractivity contribution in [3.05, 3.63) is 29.8 Å². The first-order valence-electron chi connectivity index (χ1n) is 6.08. The highest BCUT2D eigenvalue weighted by atomic mass is 19.1. The van der Waals surface area contributed by atoms with Crippen LogP contribution in [0.15, 0.2) is 18.2 Å². The van der Waals surface area contributed by atoms with E-state index in [1.807, 2.05) is 17.6 Å². The van der Waals surface area contributed by atoms with Gasteiger partial charge in [0, 0.05) is 6.54 Å². The molecule has 0 amide bonds. The maximum absolute atomic E-state index is 13.9. The molecule has 2 heterocycles. The summed E-state index contributed by atoms with van der Waals surface area (Å²) in [5.74, 6) is 1.32. The van der Waals surface area contributed by atoms with E-state index in [2.05, 4.69) is 10.3 Å². The molecule has 90 valence electrons. The zero-order chi connectivity index (χ0) is 11.8. The second-order valence-electron chi connectivity index (χ2n) is 4.74. The van der Waals surface area contributed by atoms with Gasteiger partial charge in [0.2, 0.25) is 0 Å². The molecule has 0 saturated carbocycles. The van der Waals surface area contributed by atoms with Crippen molar-refractivity contribution < 1.29 is 4.39 Å². The summed E-state index contributed by atoms with van der Waals surface area (Å²) < 4.78 is 15.9. The SMILES string of the molecule is Cc1nc2cccc(F)c2n1CC1CCNC1. The van der Waals surface area contributed by atoms with Crippen molar-refractivity contribution >= 4 is 11.0 Å². The van der Waals surface area contributed by atoms with Crippen LogP contribution in [0.5, 0.6) is 0 Å². The third-order valence-corrected chi connectivity index (χ3v) is 3.51. The van der Waals surface area contributed by atoms with Crippen LogP contribution in [0.3, 0.4) is 0 Å². The van der Waals surface area contributed by atoms with Gasteiger partial charge in [-0.05, 0) is 44.5 Å². The van der Waals surface area contributed by atoms with Gasteiger partial charge in [-0.3, -0.25) is 0 Å². The first-order chi connectivity index (χ1) is 8.25. The molecule has 1 fully saturated rings. The van der Waals surface area contributed by atoms with E-state index in [1.54, 1.807) is 6.07 Å². The van der Waals surface area contributed by atoms with Crippen LogP contribution in [-0.2, 0) is 6.54 Å². The standard InChI is InChI=1S/C13H16FN3/c1-9-16-12-4-2-3-11(14)13(12)17(9)8-10-5-6-15-7-10/h2-4,10,15H,5-8H2,1H3. The van der Waals surface area contributed by atoms with Crippen LogP contribution in [0.2, 0.25) is 0 Å². The van der Waals surface area contributed by atoms with Crippen LogP contribution in [0.1, 0.15) is 12.2 Å². The number of benzene rings is 1. The Labute approximate surface area is 99.7 Å². The lowest BCUT2D eigenvalue weighted by Gasteiger charge is -2.12. The molecule has 4 heteroatoms. The van der Waals surface area contributed by atoms with Gasteiger partial charge in [-0.2, -0.15) is 0 Å². The molecule has 17 heavy (non-hydrogen) atoms. The summed E-state index contributed by atoms with van der Waals surface area (Å²) in [6.45, 7) is 4.89. The third kappa shape index (κ3) is 1.82. The maximum atomic E-state index is 13.9. The van der Waals surface area contributed by atoms with Crippen LogP contribution in [-0.4, -0.2) is 22.6 Å². The van der Waals surface area contributed by atoms with E-state index in [0.717, 1.165) is 37.4 Å². The Balaban J connectivity index is 2.04. The fourth-order valence-electron chi connectivity index (χ4n) is 2.61. The monoisotopic (exact) mass is 233 g/mol. The molecular formula is C13H16FN3. The van der Waals surface area contributed by atoms with Gasteiger partial charge < -0.3 is 9.88 Å². The Kier molecular flexibility index (Phi) is 2.59. The smallest absolute Gasteiger partial charge is 0.149 e. The van der Waals surface area contributed by atoms with Crippen molar-refractivity contribution in [2.24, 2.45) is 5.92 Å². The van der Waals surface area contributed by atoms with Crippen LogP contribution >= 0.6 is 0 Å². The number of para-hydroxylation sites is 1. The van der Waals surface area contributed by atoms with Gasteiger partial charge in [0.15, 0.2) is 0 Å². The minimum absolute atomic E-state index is 0.172. The Bertz CT molecular complexity index is 541. The topological polar surface area (TPSA) is 29.9 Å². The summed E-state index contributed by atoms with van der Waals surface area (Å²) in [6.07, 6.45) is 1.16. The van der Waals surface area contributed by atoms with Crippen molar-refractivity contribution in [3.8, 4) is 0 Å². The molecule has 1 aromatic carbocycles. The van der Waals surface area contributed by atoms with Gasteiger partial charge in [0.05, 0.1) is 5.52 Å². The number of hydrogen-bond donors (Lipinski definition) is 1. The molecule has 0 aliphatic carbocycles. The molecule has 2 aromatic rings. The van der Waals surface area contributed by atoms with E-state index in [1.165, 1.54) is 6.07 Å². The Morgan fingerprint density at radius 3 is 3.18 bits per heavy atom. The van der Waals surface area contributed by atoms with Gasteiger partial charge in [0.25, 0.3) is 0 Å². The molecule has 0 radical (unpaired) electrons. The zero-order valence-corrected chi connectivity index (χ0v) is 9.91. The van der Waals surface area contributed by atoms with Crippen molar-refractivity contribution in [3.63, 3.8) is 0 Å². The predicted octanol–water partition coefficient (Wildman–Crippen LogP) is 2.09. The van der Waals surface area contributed by atoms with Gasteiger partial charge in [-0.25, -0.2) is 9.37 Å². The lowest BCUT2D eigenvalue weighted by Crippen LogP contribution is -2.15. The predicted molar refractivity (Wildman–Crippen MR) is 65.4 cm³/mol. The Morgan fingerprint density at radius 1 is 1.53 bits per heavy atom. The summed E-state index contributed by atoms with van der Waals surface area (Å²) >= 11 is 0. The number of imidazole rings is 1. The molecule has 3 rings (SSSR count). The molecule has 3 nitrogen and oxygen atoms in total. The lowest BCUT2D eigenvalue weighted by molar-refractivity contribution is 0.478. The van der Waals surface area contributed by atoms with Crippen molar-refractivity contribution in [1.82, 2.24) is 14.9 Å². The highest BCUT2D eigenvalue weighted by molar-refractivity contribution is 5.76. The molecule has 1 N–H and O–H groups in total. The first-order valence-corrected chi connectivity index (χ1v) is 6.08. The molecule has 0 bridgehead atoms. The van der Waals surface area contributed by atoms with Gasteiger partial charge in [-0.15, -0.1) is 0 Å². The molecule has 1 unspecified atom stereocenters. The summed E-state index contributed by atoms with van der Waals surface area (Å²) in [4.78, 5) is 4.42. The molecule has 1 atom stereocenters. The zero-order valence-electron chi connectivity index (χ0n) is 9.91. The highest BCUT2D eigenvalue weighted by Gasteiger charge is 2.18. The molecule has 1 aliphatic heterocycles. The fraction of sp³-hybridized carbons (Fsp3) is 0.462. The summed E-state index contributed by atoms with van der Waals surface area (Å²) in [7, 11) is 0. The summed E-state index contributed by atoms with van der Waals surface area (Å²) in [5, 5.41) is 3.34. The third-order valence-electron chi connectivity index (χ3n) is 3.51. The van der Waals surface area contributed by atoms with E-state index in [4.69, 9.17) is 0 Å². The molecule has 0 spiro atoms. The maximum Gasteiger partial charge on any atom is 0.149 e. The van der Waals surface area contributed by atoms with E-state index in [9.17, 15) is 4.39 Å². The number of aryl methyl sites for hydroxylation is 1. The van der Waals surface area contributed by atoms with Crippen molar-refractivity contribution in [2.45, 2.75) is 19.9 Å². The second-order valence-corrected chi connectivity index (χ2v) is 4.74. The number of halogens is 1. The van der Waals surface area contributed by atoms with E-state index >= 15 is 0 Å². The average Bonchev–Trinajstić information content (AvgIpc) is 2.89. The minimum atomic E-state index is -0.172. The van der Waals surface area contributed by atoms with Crippen LogP contribution in [0.4, 0.5) is 4.39 Å². The number of hydrogen-bond acceptors (Lipinski definition) is 2. The van der Waals surface area contributed by atoms with Gasteiger partial charge in [-0.1, -0.05) is 6.07 Å². The summed E-state index contributed by atoms with van der Waals surface area (Å²) in [6, 6.07) is 5.09. The van der Waals surface area contributed by atoms with Crippen molar-refractivity contribution in [2.75, 3.05) is 13.1 Å². The second kappa shape index (κ2) is 4.11. The van der Waals surface area contributed by atoms with Crippen molar-refractivity contribution in [1.29, 1.82) is 0 Å². The highest BCUT2D eigenvalue weighted by Crippen LogP contribution is 2.22.